The van der Waals surface area contributed by atoms with Crippen molar-refractivity contribution in [2.75, 3.05) is 0 Å². The highest BCUT2D eigenvalue weighted by molar-refractivity contribution is 5.26. The van der Waals surface area contributed by atoms with Crippen molar-refractivity contribution in [1.82, 2.24) is 5.43 Å². The summed E-state index contributed by atoms with van der Waals surface area (Å²) in [5, 5.41) is 0. The average molecular weight is 178 g/mol. The van der Waals surface area contributed by atoms with Gasteiger partial charge in [-0.2, -0.15) is 0 Å². The monoisotopic (exact) mass is 178 g/mol. The Kier molecular flexibility index (Phi) is 3.93. The summed E-state index contributed by atoms with van der Waals surface area (Å²) in [5.41, 5.74) is 5.55. The molecule has 1 aromatic carbocycles. The molecule has 2 heteroatoms. The first-order chi connectivity index (χ1) is 6.27. The number of hydrogen-bond donors (Lipinski definition) is 2. The highest BCUT2D eigenvalue weighted by atomic mass is 15.2. The molecule has 1 rings (SSSR count). The highest BCUT2D eigenvalue weighted by Crippen LogP contribution is 2.10. The maximum atomic E-state index is 5.43. The molecule has 0 aliphatic rings. The van der Waals surface area contributed by atoms with Crippen LogP contribution < -0.4 is 11.3 Å². The van der Waals surface area contributed by atoms with Gasteiger partial charge in [0, 0.05) is 6.04 Å². The third kappa shape index (κ3) is 2.83. The lowest BCUT2D eigenvalue weighted by Crippen LogP contribution is -2.36. The minimum Gasteiger partial charge on any atom is -0.271 e. The fourth-order valence-electron chi connectivity index (χ4n) is 1.43. The fraction of sp³-hybridized carbons (Fsp3) is 0.455. The van der Waals surface area contributed by atoms with Gasteiger partial charge in [0.2, 0.25) is 0 Å². The lowest BCUT2D eigenvalue weighted by atomic mass is 10.0. The average Bonchev–Trinajstić information content (AvgIpc) is 2.17. The van der Waals surface area contributed by atoms with Crippen LogP contribution in [0.15, 0.2) is 24.3 Å². The Hall–Kier alpha value is -0.860. The Bertz CT molecular complexity index is 254. The van der Waals surface area contributed by atoms with Gasteiger partial charge in [0.05, 0.1) is 0 Å². The molecule has 72 valence electrons. The first kappa shape index (κ1) is 10.2. The van der Waals surface area contributed by atoms with Gasteiger partial charge in [-0.3, -0.25) is 11.3 Å². The molecule has 1 aromatic rings. The largest absolute Gasteiger partial charge is 0.271 e. The Balaban J connectivity index is 2.67. The molecule has 0 heterocycles. The van der Waals surface area contributed by atoms with Crippen LogP contribution in [0.25, 0.3) is 0 Å². The summed E-state index contributed by atoms with van der Waals surface area (Å²) in [4.78, 5) is 0. The van der Waals surface area contributed by atoms with E-state index in [0.717, 1.165) is 12.8 Å². The zero-order chi connectivity index (χ0) is 9.68. The summed E-state index contributed by atoms with van der Waals surface area (Å²) in [6.07, 6.45) is 2.07. The molecule has 13 heavy (non-hydrogen) atoms. The second-order valence-electron chi connectivity index (χ2n) is 3.40. The molecule has 0 radical (unpaired) electrons. The van der Waals surface area contributed by atoms with Gasteiger partial charge >= 0.3 is 0 Å². The van der Waals surface area contributed by atoms with Gasteiger partial charge in [0.1, 0.15) is 0 Å². The summed E-state index contributed by atoms with van der Waals surface area (Å²) in [6.45, 7) is 4.28. The van der Waals surface area contributed by atoms with Crippen molar-refractivity contribution in [3.8, 4) is 0 Å². The molecule has 0 spiro atoms. The van der Waals surface area contributed by atoms with E-state index in [1.165, 1.54) is 11.1 Å². The first-order valence-electron chi connectivity index (χ1n) is 4.78. The summed E-state index contributed by atoms with van der Waals surface area (Å²) in [6, 6.07) is 8.83. The van der Waals surface area contributed by atoms with Crippen LogP contribution in [0.2, 0.25) is 0 Å². The van der Waals surface area contributed by atoms with Gasteiger partial charge in [-0.05, 0) is 30.9 Å². The second kappa shape index (κ2) is 5.00. The van der Waals surface area contributed by atoms with Crippen LogP contribution in [0.4, 0.5) is 0 Å². The predicted octanol–water partition coefficient (Wildman–Crippen LogP) is 1.78. The molecule has 0 aromatic heterocycles. The highest BCUT2D eigenvalue weighted by Gasteiger charge is 2.05. The van der Waals surface area contributed by atoms with Gasteiger partial charge in [-0.15, -0.1) is 0 Å². The van der Waals surface area contributed by atoms with E-state index in [0.29, 0.717) is 6.04 Å². The molecule has 1 unspecified atom stereocenters. The van der Waals surface area contributed by atoms with Crippen LogP contribution >= 0.6 is 0 Å². The molecule has 0 saturated heterocycles. The molecule has 3 N–H and O–H groups in total. The maximum absolute atomic E-state index is 5.43. The van der Waals surface area contributed by atoms with Crippen molar-refractivity contribution in [2.24, 2.45) is 5.84 Å². The molecule has 0 fully saturated rings. The van der Waals surface area contributed by atoms with E-state index in [4.69, 9.17) is 5.84 Å². The molecule has 0 aliphatic heterocycles. The number of hydrazine groups is 1. The topological polar surface area (TPSA) is 38.0 Å². The van der Waals surface area contributed by atoms with Crippen LogP contribution in [0.3, 0.4) is 0 Å². The van der Waals surface area contributed by atoms with Gasteiger partial charge in [0.25, 0.3) is 0 Å². The fourth-order valence-corrected chi connectivity index (χ4v) is 1.43. The number of hydrogen-bond acceptors (Lipinski definition) is 2. The van der Waals surface area contributed by atoms with Gasteiger partial charge < -0.3 is 0 Å². The van der Waals surface area contributed by atoms with Crippen LogP contribution in [-0.2, 0) is 6.42 Å². The number of rotatable bonds is 4. The van der Waals surface area contributed by atoms with E-state index in [1.54, 1.807) is 0 Å². The van der Waals surface area contributed by atoms with Crippen molar-refractivity contribution in [2.45, 2.75) is 32.7 Å². The quantitative estimate of drug-likeness (QED) is 0.545. The zero-order valence-corrected chi connectivity index (χ0v) is 8.38. The third-order valence-electron chi connectivity index (χ3n) is 2.46. The van der Waals surface area contributed by atoms with Gasteiger partial charge in [-0.1, -0.05) is 31.2 Å². The van der Waals surface area contributed by atoms with Gasteiger partial charge in [-0.25, -0.2) is 0 Å². The molecule has 0 saturated carbocycles. The van der Waals surface area contributed by atoms with Crippen LogP contribution in [0.5, 0.6) is 0 Å². The van der Waals surface area contributed by atoms with Crippen LogP contribution in [0, 0.1) is 6.92 Å². The molecule has 0 amide bonds. The smallest absolute Gasteiger partial charge is 0.0248 e. The van der Waals surface area contributed by atoms with Crippen molar-refractivity contribution in [3.05, 3.63) is 35.4 Å². The Morgan fingerprint density at radius 1 is 1.38 bits per heavy atom. The van der Waals surface area contributed by atoms with E-state index in [2.05, 4.69) is 43.5 Å². The molecule has 0 aliphatic carbocycles. The van der Waals surface area contributed by atoms with E-state index in [9.17, 15) is 0 Å². The summed E-state index contributed by atoms with van der Waals surface area (Å²) in [7, 11) is 0. The van der Waals surface area contributed by atoms with Gasteiger partial charge in [0.15, 0.2) is 0 Å². The Morgan fingerprint density at radius 2 is 2.08 bits per heavy atom. The summed E-state index contributed by atoms with van der Waals surface area (Å²) >= 11 is 0. The summed E-state index contributed by atoms with van der Waals surface area (Å²) < 4.78 is 0. The van der Waals surface area contributed by atoms with E-state index in [1.807, 2.05) is 0 Å². The normalized spacial score (nSPS) is 12.8. The van der Waals surface area contributed by atoms with Crippen LogP contribution in [0.1, 0.15) is 24.5 Å². The number of nitrogens with one attached hydrogen (secondary N) is 1. The first-order valence-corrected chi connectivity index (χ1v) is 4.78. The summed E-state index contributed by atoms with van der Waals surface area (Å²) in [5.74, 6) is 5.43. The second-order valence-corrected chi connectivity index (χ2v) is 3.40. The van der Waals surface area contributed by atoms with Crippen molar-refractivity contribution >= 4 is 0 Å². The van der Waals surface area contributed by atoms with E-state index in [-0.39, 0.29) is 0 Å². The standard InChI is InChI=1S/C11H18N2/c1-3-11(13-12)8-10-7-5-4-6-9(10)2/h4-7,11,13H,3,8,12H2,1-2H3. The Morgan fingerprint density at radius 3 is 2.62 bits per heavy atom. The molecule has 2 nitrogen and oxygen atoms in total. The lowest BCUT2D eigenvalue weighted by Gasteiger charge is -2.14. The maximum Gasteiger partial charge on any atom is 0.0248 e. The predicted molar refractivity (Wildman–Crippen MR) is 56.3 cm³/mol. The molecular weight excluding hydrogens is 160 g/mol. The number of benzene rings is 1. The third-order valence-corrected chi connectivity index (χ3v) is 2.46. The van der Waals surface area contributed by atoms with Crippen molar-refractivity contribution in [1.29, 1.82) is 0 Å². The minimum atomic E-state index is 0.390. The van der Waals surface area contributed by atoms with E-state index >= 15 is 0 Å². The molecular formula is C11H18N2. The SMILES string of the molecule is CCC(Cc1ccccc1C)NN. The van der Waals surface area contributed by atoms with Crippen molar-refractivity contribution < 1.29 is 0 Å². The van der Waals surface area contributed by atoms with Crippen LogP contribution in [-0.4, -0.2) is 6.04 Å². The number of aryl methyl sites for hydroxylation is 1. The lowest BCUT2D eigenvalue weighted by molar-refractivity contribution is 0.510. The van der Waals surface area contributed by atoms with Crippen molar-refractivity contribution in [3.63, 3.8) is 0 Å². The minimum absolute atomic E-state index is 0.390. The van der Waals surface area contributed by atoms with E-state index < -0.39 is 0 Å². The number of nitrogens with two attached hydrogens (primary N) is 1. The molecule has 1 atom stereocenters. The molecule has 0 bridgehead atoms. The zero-order valence-electron chi connectivity index (χ0n) is 8.38. The Labute approximate surface area is 80.1 Å².